The molecule has 1 atom stereocenters. The Morgan fingerprint density at radius 1 is 1.19 bits per heavy atom. The van der Waals surface area contributed by atoms with E-state index in [9.17, 15) is 4.79 Å². The Morgan fingerprint density at radius 2 is 1.94 bits per heavy atom. The summed E-state index contributed by atoms with van der Waals surface area (Å²) in [5, 5.41) is 6.44. The Labute approximate surface area is 104 Å². The predicted molar refractivity (Wildman–Crippen MR) is 67.8 cm³/mol. The molecule has 1 saturated carbocycles. The molecule has 2 aliphatic rings. The molecule has 1 amide bonds. The molecule has 0 spiro atoms. The van der Waals surface area contributed by atoms with Crippen molar-refractivity contribution in [1.82, 2.24) is 10.6 Å². The quantitative estimate of drug-likeness (QED) is 0.796. The molecule has 1 saturated heterocycles. The first kappa shape index (κ1) is 13.8. The number of amides is 1. The summed E-state index contributed by atoms with van der Waals surface area (Å²) in [7, 11) is 0. The largest absolute Gasteiger partial charge is 0.356 e. The van der Waals surface area contributed by atoms with Crippen LogP contribution in [0.1, 0.15) is 38.5 Å². The molecule has 0 aromatic carbocycles. The van der Waals surface area contributed by atoms with Gasteiger partial charge in [0.2, 0.25) is 5.91 Å². The fourth-order valence-corrected chi connectivity index (χ4v) is 2.64. The maximum absolute atomic E-state index is 11.8. The third-order valence-corrected chi connectivity index (χ3v) is 3.70. The summed E-state index contributed by atoms with van der Waals surface area (Å²) in [6.07, 6.45) is 7.22. The fourth-order valence-electron chi connectivity index (χ4n) is 2.64. The number of carbonyl (C=O) groups is 1. The van der Waals surface area contributed by atoms with E-state index in [1.807, 2.05) is 0 Å². The van der Waals surface area contributed by atoms with E-state index in [1.165, 1.54) is 25.7 Å². The second kappa shape index (κ2) is 7.13. The molecule has 0 bridgehead atoms. The highest BCUT2D eigenvalue weighted by Crippen LogP contribution is 2.23. The average molecular weight is 247 g/mol. The fraction of sp³-hybridized carbons (Fsp3) is 0.917. The lowest BCUT2D eigenvalue weighted by atomic mass is 9.88. The zero-order valence-corrected chi connectivity index (χ0v) is 10.7. The zero-order chi connectivity index (χ0) is 10.5. The van der Waals surface area contributed by atoms with Crippen LogP contribution in [-0.4, -0.2) is 25.5 Å². The van der Waals surface area contributed by atoms with Crippen molar-refractivity contribution in [3.8, 4) is 0 Å². The second-order valence-corrected chi connectivity index (χ2v) is 4.94. The molecular weight excluding hydrogens is 224 g/mol. The summed E-state index contributed by atoms with van der Waals surface area (Å²) < 4.78 is 0. The molecule has 16 heavy (non-hydrogen) atoms. The molecule has 4 heteroatoms. The average Bonchev–Trinajstić information content (AvgIpc) is 2.80. The number of hydrogen-bond donors (Lipinski definition) is 2. The van der Waals surface area contributed by atoms with Crippen LogP contribution in [0.25, 0.3) is 0 Å². The molecule has 2 rings (SSSR count). The number of halogens is 1. The Kier molecular flexibility index (Phi) is 6.14. The van der Waals surface area contributed by atoms with E-state index in [-0.39, 0.29) is 12.4 Å². The van der Waals surface area contributed by atoms with Crippen molar-refractivity contribution in [3.63, 3.8) is 0 Å². The third-order valence-electron chi connectivity index (χ3n) is 3.70. The van der Waals surface area contributed by atoms with Crippen molar-refractivity contribution in [2.24, 2.45) is 11.8 Å². The maximum atomic E-state index is 11.8. The second-order valence-electron chi connectivity index (χ2n) is 4.94. The maximum Gasteiger partial charge on any atom is 0.223 e. The minimum Gasteiger partial charge on any atom is -0.356 e. The van der Waals surface area contributed by atoms with Crippen molar-refractivity contribution in [2.75, 3.05) is 19.6 Å². The minimum atomic E-state index is 0. The topological polar surface area (TPSA) is 41.1 Å². The number of carbonyl (C=O) groups excluding carboxylic acids is 1. The predicted octanol–water partition coefficient (Wildman–Crippen LogP) is 1.71. The third kappa shape index (κ3) is 3.95. The van der Waals surface area contributed by atoms with Crippen molar-refractivity contribution < 1.29 is 4.79 Å². The molecular formula is C12H23ClN2O. The van der Waals surface area contributed by atoms with Gasteiger partial charge in [-0.2, -0.15) is 0 Å². The van der Waals surface area contributed by atoms with Gasteiger partial charge in [-0.3, -0.25) is 4.79 Å². The van der Waals surface area contributed by atoms with Crippen LogP contribution in [0.5, 0.6) is 0 Å². The van der Waals surface area contributed by atoms with E-state index >= 15 is 0 Å². The van der Waals surface area contributed by atoms with Gasteiger partial charge in [0, 0.05) is 12.5 Å². The van der Waals surface area contributed by atoms with Crippen LogP contribution < -0.4 is 10.6 Å². The smallest absolute Gasteiger partial charge is 0.223 e. The van der Waals surface area contributed by atoms with E-state index in [1.54, 1.807) is 0 Å². The van der Waals surface area contributed by atoms with E-state index in [4.69, 9.17) is 0 Å². The van der Waals surface area contributed by atoms with Crippen molar-refractivity contribution in [1.29, 1.82) is 0 Å². The Bertz CT molecular complexity index is 211. The first-order chi connectivity index (χ1) is 7.36. The minimum absolute atomic E-state index is 0. The lowest BCUT2D eigenvalue weighted by Gasteiger charge is -2.21. The Hall–Kier alpha value is -0.280. The van der Waals surface area contributed by atoms with Gasteiger partial charge < -0.3 is 10.6 Å². The van der Waals surface area contributed by atoms with Crippen LogP contribution in [0.4, 0.5) is 0 Å². The molecule has 2 fully saturated rings. The summed E-state index contributed by atoms with van der Waals surface area (Å²) in [6.45, 7) is 3.07. The van der Waals surface area contributed by atoms with Crippen LogP contribution in [0.2, 0.25) is 0 Å². The normalized spacial score (nSPS) is 26.1. The van der Waals surface area contributed by atoms with Crippen molar-refractivity contribution in [3.05, 3.63) is 0 Å². The van der Waals surface area contributed by atoms with Crippen LogP contribution >= 0.6 is 12.4 Å². The van der Waals surface area contributed by atoms with Crippen molar-refractivity contribution >= 4 is 18.3 Å². The van der Waals surface area contributed by atoms with Gasteiger partial charge in [0.1, 0.15) is 0 Å². The van der Waals surface area contributed by atoms with Crippen LogP contribution in [0.3, 0.4) is 0 Å². The lowest BCUT2D eigenvalue weighted by molar-refractivity contribution is -0.126. The lowest BCUT2D eigenvalue weighted by Crippen LogP contribution is -2.35. The molecule has 3 nitrogen and oxygen atoms in total. The van der Waals surface area contributed by atoms with Gasteiger partial charge in [-0.1, -0.05) is 19.3 Å². The summed E-state index contributed by atoms with van der Waals surface area (Å²) in [6, 6.07) is 0. The van der Waals surface area contributed by atoms with Crippen molar-refractivity contribution in [2.45, 2.75) is 38.5 Å². The first-order valence-corrected chi connectivity index (χ1v) is 6.34. The zero-order valence-electron chi connectivity index (χ0n) is 9.84. The Morgan fingerprint density at radius 3 is 2.56 bits per heavy atom. The SMILES string of the molecule is Cl.O=C(NCC1CCNC1)C1CCCCC1. The molecule has 0 radical (unpaired) electrons. The van der Waals surface area contributed by atoms with Gasteiger partial charge in [0.25, 0.3) is 0 Å². The molecule has 0 aromatic rings. The van der Waals surface area contributed by atoms with Gasteiger partial charge in [0.05, 0.1) is 0 Å². The summed E-state index contributed by atoms with van der Waals surface area (Å²) >= 11 is 0. The van der Waals surface area contributed by atoms with Gasteiger partial charge in [-0.25, -0.2) is 0 Å². The Balaban J connectivity index is 0.00000128. The van der Waals surface area contributed by atoms with E-state index < -0.39 is 0 Å². The summed E-state index contributed by atoms with van der Waals surface area (Å²) in [5.41, 5.74) is 0. The molecule has 1 heterocycles. The van der Waals surface area contributed by atoms with E-state index in [2.05, 4.69) is 10.6 Å². The van der Waals surface area contributed by atoms with E-state index in [0.29, 0.717) is 17.7 Å². The molecule has 1 unspecified atom stereocenters. The molecule has 2 N–H and O–H groups in total. The van der Waals surface area contributed by atoms with Crippen LogP contribution in [0.15, 0.2) is 0 Å². The summed E-state index contributed by atoms with van der Waals surface area (Å²) in [5.74, 6) is 1.28. The standard InChI is InChI=1S/C12H22N2O.ClH/c15-12(11-4-2-1-3-5-11)14-9-10-6-7-13-8-10;/h10-11,13H,1-9H2,(H,14,15);1H. The highest BCUT2D eigenvalue weighted by Gasteiger charge is 2.22. The van der Waals surface area contributed by atoms with Gasteiger partial charge in [-0.15, -0.1) is 12.4 Å². The number of nitrogens with one attached hydrogen (secondary N) is 2. The van der Waals surface area contributed by atoms with Gasteiger partial charge in [-0.05, 0) is 38.3 Å². The highest BCUT2D eigenvalue weighted by molar-refractivity contribution is 5.85. The molecule has 0 aromatic heterocycles. The first-order valence-electron chi connectivity index (χ1n) is 6.34. The van der Waals surface area contributed by atoms with Gasteiger partial charge in [0.15, 0.2) is 0 Å². The molecule has 94 valence electrons. The summed E-state index contributed by atoms with van der Waals surface area (Å²) in [4.78, 5) is 11.8. The monoisotopic (exact) mass is 246 g/mol. The molecule has 1 aliphatic carbocycles. The highest BCUT2D eigenvalue weighted by atomic mass is 35.5. The van der Waals surface area contributed by atoms with Crippen LogP contribution in [-0.2, 0) is 4.79 Å². The van der Waals surface area contributed by atoms with Crippen LogP contribution in [0, 0.1) is 11.8 Å². The van der Waals surface area contributed by atoms with E-state index in [0.717, 1.165) is 32.5 Å². The number of hydrogen-bond acceptors (Lipinski definition) is 2. The molecule has 1 aliphatic heterocycles. The van der Waals surface area contributed by atoms with Gasteiger partial charge >= 0.3 is 0 Å². The number of rotatable bonds is 3.